The number of hydrogen-bond donors (Lipinski definition) is 1. The third-order valence-electron chi connectivity index (χ3n) is 5.12. The highest BCUT2D eigenvalue weighted by molar-refractivity contribution is 7.15. The summed E-state index contributed by atoms with van der Waals surface area (Å²) in [6, 6.07) is 15.9. The van der Waals surface area contributed by atoms with E-state index < -0.39 is 0 Å². The molecular weight excluding hydrogens is 401 g/mol. The van der Waals surface area contributed by atoms with Crippen molar-refractivity contribution < 1.29 is 13.9 Å². The Kier molecular flexibility index (Phi) is 6.40. The van der Waals surface area contributed by atoms with Crippen molar-refractivity contribution in [2.24, 2.45) is 0 Å². The monoisotopic (exact) mass is 425 g/mol. The first-order chi connectivity index (χ1) is 14.6. The lowest BCUT2D eigenvalue weighted by molar-refractivity contribution is 0.0601. The van der Waals surface area contributed by atoms with Crippen LogP contribution < -0.4 is 10.1 Å². The Labute approximate surface area is 179 Å². The van der Waals surface area contributed by atoms with Crippen molar-refractivity contribution in [2.75, 3.05) is 26.2 Å². The number of benzene rings is 2. The number of hydrogen-bond acceptors (Lipinski definition) is 5. The second-order valence-electron chi connectivity index (χ2n) is 7.22. The Hall–Kier alpha value is -2.77. The number of nitrogens with one attached hydrogen (secondary N) is 1. The second-order valence-corrected chi connectivity index (χ2v) is 8.43. The molecule has 1 fully saturated rings. The number of ether oxygens (including phenoxy) is 1. The van der Waals surface area contributed by atoms with Gasteiger partial charge in [0.2, 0.25) is 0 Å². The summed E-state index contributed by atoms with van der Waals surface area (Å²) in [7, 11) is 0. The average Bonchev–Trinajstić information content (AvgIpc) is 3.17. The average molecular weight is 426 g/mol. The Morgan fingerprint density at radius 1 is 1.23 bits per heavy atom. The minimum absolute atomic E-state index is 0.0114. The van der Waals surface area contributed by atoms with Crippen LogP contribution >= 0.6 is 11.3 Å². The number of thiazole rings is 1. The van der Waals surface area contributed by atoms with Crippen LogP contribution in [0.1, 0.15) is 21.9 Å². The van der Waals surface area contributed by atoms with Crippen molar-refractivity contribution in [3.05, 3.63) is 71.1 Å². The van der Waals surface area contributed by atoms with Gasteiger partial charge in [0.25, 0.3) is 5.91 Å². The molecule has 1 unspecified atom stereocenters. The van der Waals surface area contributed by atoms with E-state index in [9.17, 15) is 9.18 Å². The minimum atomic E-state index is -0.289. The lowest BCUT2D eigenvalue weighted by Crippen LogP contribution is -2.54. The van der Waals surface area contributed by atoms with Gasteiger partial charge in [-0.05, 0) is 36.8 Å². The second kappa shape index (κ2) is 9.36. The number of amides is 1. The minimum Gasteiger partial charge on any atom is -0.494 e. The van der Waals surface area contributed by atoms with Gasteiger partial charge in [0.05, 0.1) is 16.5 Å². The fourth-order valence-corrected chi connectivity index (χ4v) is 4.54. The predicted molar refractivity (Wildman–Crippen MR) is 116 cm³/mol. The van der Waals surface area contributed by atoms with Crippen LogP contribution in [-0.2, 0) is 0 Å². The number of aryl methyl sites for hydroxylation is 1. The Morgan fingerprint density at radius 2 is 2.00 bits per heavy atom. The SMILES string of the molecule is Cc1nc(C(=O)N2CCNCC2CCOc2ccc(F)cc2)c(-c2ccccc2)s1. The van der Waals surface area contributed by atoms with Crippen LogP contribution in [0.25, 0.3) is 10.4 Å². The lowest BCUT2D eigenvalue weighted by Gasteiger charge is -2.36. The van der Waals surface area contributed by atoms with Crippen LogP contribution in [0, 0.1) is 12.7 Å². The Morgan fingerprint density at radius 3 is 2.77 bits per heavy atom. The molecule has 2 heterocycles. The van der Waals surface area contributed by atoms with Gasteiger partial charge in [-0.1, -0.05) is 30.3 Å². The van der Waals surface area contributed by atoms with Gasteiger partial charge in [-0.25, -0.2) is 9.37 Å². The van der Waals surface area contributed by atoms with E-state index in [1.807, 2.05) is 42.2 Å². The molecule has 2 aromatic carbocycles. The van der Waals surface area contributed by atoms with Crippen LogP contribution in [0.15, 0.2) is 54.6 Å². The summed E-state index contributed by atoms with van der Waals surface area (Å²) in [5, 5.41) is 4.24. The predicted octanol–water partition coefficient (Wildman–Crippen LogP) is 4.14. The van der Waals surface area contributed by atoms with E-state index in [0.717, 1.165) is 22.0 Å². The van der Waals surface area contributed by atoms with E-state index in [1.54, 1.807) is 23.5 Å². The van der Waals surface area contributed by atoms with Gasteiger partial charge in [-0.15, -0.1) is 11.3 Å². The first-order valence-electron chi connectivity index (χ1n) is 10.0. The molecule has 4 rings (SSSR count). The van der Waals surface area contributed by atoms with Crippen LogP contribution in [0.5, 0.6) is 5.75 Å². The molecule has 156 valence electrons. The van der Waals surface area contributed by atoms with Crippen LogP contribution in [0.4, 0.5) is 4.39 Å². The van der Waals surface area contributed by atoms with Crippen molar-refractivity contribution in [1.29, 1.82) is 0 Å². The highest BCUT2D eigenvalue weighted by Crippen LogP contribution is 2.31. The first-order valence-corrected chi connectivity index (χ1v) is 10.9. The molecule has 30 heavy (non-hydrogen) atoms. The number of halogens is 1. The molecule has 1 atom stereocenters. The summed E-state index contributed by atoms with van der Waals surface area (Å²) in [5.41, 5.74) is 1.54. The van der Waals surface area contributed by atoms with E-state index >= 15 is 0 Å². The summed E-state index contributed by atoms with van der Waals surface area (Å²) in [5.74, 6) is 0.300. The number of piperazine rings is 1. The van der Waals surface area contributed by atoms with Gasteiger partial charge >= 0.3 is 0 Å². The molecule has 0 radical (unpaired) electrons. The van der Waals surface area contributed by atoms with Crippen molar-refractivity contribution in [1.82, 2.24) is 15.2 Å². The molecule has 3 aromatic rings. The zero-order chi connectivity index (χ0) is 20.9. The lowest BCUT2D eigenvalue weighted by atomic mass is 10.1. The van der Waals surface area contributed by atoms with Crippen molar-refractivity contribution in [2.45, 2.75) is 19.4 Å². The van der Waals surface area contributed by atoms with Crippen molar-refractivity contribution in [3.63, 3.8) is 0 Å². The molecule has 5 nitrogen and oxygen atoms in total. The molecule has 1 N–H and O–H groups in total. The van der Waals surface area contributed by atoms with E-state index in [2.05, 4.69) is 10.3 Å². The standard InChI is InChI=1S/C23H24FN3O2S/c1-16-26-21(22(30-16)17-5-3-2-4-6-17)23(28)27-13-12-25-15-19(27)11-14-29-20-9-7-18(24)8-10-20/h2-10,19,25H,11-15H2,1H3. The number of carbonyl (C=O) groups is 1. The largest absolute Gasteiger partial charge is 0.494 e. The maximum Gasteiger partial charge on any atom is 0.274 e. The van der Waals surface area contributed by atoms with E-state index in [-0.39, 0.29) is 17.8 Å². The maximum atomic E-state index is 13.4. The molecule has 0 aliphatic carbocycles. The number of carbonyl (C=O) groups excluding carboxylic acids is 1. The van der Waals surface area contributed by atoms with Crippen LogP contribution in [-0.4, -0.2) is 48.1 Å². The van der Waals surface area contributed by atoms with E-state index in [4.69, 9.17) is 4.74 Å². The highest BCUT2D eigenvalue weighted by atomic mass is 32.1. The van der Waals surface area contributed by atoms with Gasteiger partial charge in [0.1, 0.15) is 17.3 Å². The summed E-state index contributed by atoms with van der Waals surface area (Å²) >= 11 is 1.55. The fourth-order valence-electron chi connectivity index (χ4n) is 3.62. The summed E-state index contributed by atoms with van der Waals surface area (Å²) < 4.78 is 18.8. The molecule has 1 aromatic heterocycles. The molecule has 0 saturated carbocycles. The van der Waals surface area contributed by atoms with E-state index in [0.29, 0.717) is 37.6 Å². The topological polar surface area (TPSA) is 54.5 Å². The number of aromatic nitrogens is 1. The summed E-state index contributed by atoms with van der Waals surface area (Å²) in [6.07, 6.45) is 0.680. The Bertz CT molecular complexity index is 991. The molecule has 1 aliphatic rings. The Balaban J connectivity index is 1.47. The van der Waals surface area contributed by atoms with E-state index in [1.165, 1.54) is 12.1 Å². The molecule has 0 spiro atoms. The first kappa shape index (κ1) is 20.5. The van der Waals surface area contributed by atoms with Crippen LogP contribution in [0.2, 0.25) is 0 Å². The number of rotatable bonds is 6. The third-order valence-corrected chi connectivity index (χ3v) is 6.14. The van der Waals surface area contributed by atoms with Crippen LogP contribution in [0.3, 0.4) is 0 Å². The quantitative estimate of drug-likeness (QED) is 0.645. The van der Waals surface area contributed by atoms with Gasteiger partial charge in [-0.2, -0.15) is 0 Å². The zero-order valence-electron chi connectivity index (χ0n) is 16.8. The zero-order valence-corrected chi connectivity index (χ0v) is 17.6. The van der Waals surface area contributed by atoms with Crippen molar-refractivity contribution in [3.8, 4) is 16.2 Å². The maximum absolute atomic E-state index is 13.4. The molecular formula is C23H24FN3O2S. The molecule has 7 heteroatoms. The van der Waals surface area contributed by atoms with Gasteiger partial charge in [0.15, 0.2) is 0 Å². The normalized spacial score (nSPS) is 16.5. The molecule has 1 saturated heterocycles. The third kappa shape index (κ3) is 4.68. The van der Waals surface area contributed by atoms with Crippen molar-refractivity contribution >= 4 is 17.2 Å². The molecule has 1 aliphatic heterocycles. The smallest absolute Gasteiger partial charge is 0.274 e. The fraction of sp³-hybridized carbons (Fsp3) is 0.304. The summed E-state index contributed by atoms with van der Waals surface area (Å²) in [4.78, 5) is 20.8. The summed E-state index contributed by atoms with van der Waals surface area (Å²) in [6.45, 7) is 4.47. The van der Waals surface area contributed by atoms with Gasteiger partial charge in [0, 0.05) is 32.1 Å². The van der Waals surface area contributed by atoms with Gasteiger partial charge in [-0.3, -0.25) is 4.79 Å². The number of nitrogens with zero attached hydrogens (tertiary/aromatic N) is 2. The molecule has 0 bridgehead atoms. The van der Waals surface area contributed by atoms with Gasteiger partial charge < -0.3 is 15.0 Å². The highest BCUT2D eigenvalue weighted by Gasteiger charge is 2.30. The molecule has 1 amide bonds.